The van der Waals surface area contributed by atoms with E-state index in [0.29, 0.717) is 24.2 Å². The molecule has 5 rings (SSSR count). The van der Waals surface area contributed by atoms with Gasteiger partial charge in [0.1, 0.15) is 22.8 Å². The van der Waals surface area contributed by atoms with E-state index < -0.39 is 58.0 Å². The van der Waals surface area contributed by atoms with E-state index in [0.717, 1.165) is 18.4 Å². The van der Waals surface area contributed by atoms with E-state index in [1.54, 1.807) is 14.1 Å². The third kappa shape index (κ3) is 2.72. The van der Waals surface area contributed by atoms with E-state index in [2.05, 4.69) is 5.32 Å². The highest BCUT2D eigenvalue weighted by molar-refractivity contribution is 6.24. The molecule has 1 amide bonds. The summed E-state index contributed by atoms with van der Waals surface area (Å²) < 4.78 is 0. The summed E-state index contributed by atoms with van der Waals surface area (Å²) in [5.74, 6) is -6.35. The van der Waals surface area contributed by atoms with Crippen LogP contribution in [0.25, 0.3) is 0 Å². The second kappa shape index (κ2) is 7.31. The van der Waals surface area contributed by atoms with Gasteiger partial charge in [-0.25, -0.2) is 0 Å². The molecule has 4 atom stereocenters. The van der Waals surface area contributed by atoms with E-state index in [-0.39, 0.29) is 23.3 Å². The highest BCUT2D eigenvalue weighted by Gasteiger charge is 2.63. The highest BCUT2D eigenvalue weighted by Crippen LogP contribution is 2.53. The van der Waals surface area contributed by atoms with Crippen LogP contribution in [0.5, 0.6) is 5.75 Å². The first-order chi connectivity index (χ1) is 16.0. The summed E-state index contributed by atoms with van der Waals surface area (Å²) in [5, 5.41) is 47.6. The van der Waals surface area contributed by atoms with Gasteiger partial charge in [-0.3, -0.25) is 19.3 Å². The van der Waals surface area contributed by atoms with E-state index in [4.69, 9.17) is 5.73 Å². The lowest BCUT2D eigenvalue weighted by Gasteiger charge is -2.50. The molecular weight excluding hydrogens is 442 g/mol. The fourth-order valence-corrected chi connectivity index (χ4v) is 6.25. The number of amides is 1. The lowest BCUT2D eigenvalue weighted by atomic mass is 9.58. The second-order valence-corrected chi connectivity index (χ2v) is 9.79. The van der Waals surface area contributed by atoms with E-state index in [9.17, 15) is 34.8 Å². The molecule has 7 N–H and O–H groups in total. The van der Waals surface area contributed by atoms with Gasteiger partial charge < -0.3 is 31.5 Å². The van der Waals surface area contributed by atoms with E-state index in [1.807, 2.05) is 6.07 Å². The van der Waals surface area contributed by atoms with Gasteiger partial charge in [-0.1, -0.05) is 6.07 Å². The molecule has 10 nitrogen and oxygen atoms in total. The Morgan fingerprint density at radius 3 is 2.56 bits per heavy atom. The van der Waals surface area contributed by atoms with Crippen molar-refractivity contribution in [3.63, 3.8) is 0 Å². The van der Waals surface area contributed by atoms with E-state index >= 15 is 0 Å². The number of carbonyl (C=O) groups excluding carboxylic acids is 3. The van der Waals surface area contributed by atoms with Crippen LogP contribution in [0.15, 0.2) is 28.7 Å². The minimum atomic E-state index is -2.62. The number of fused-ring (bicyclic) bond motifs is 4. The third-order valence-corrected chi connectivity index (χ3v) is 7.72. The lowest BCUT2D eigenvalue weighted by Crippen LogP contribution is -2.63. The fraction of sp³-hybridized carbons (Fsp3) is 0.458. The molecule has 0 unspecified atom stereocenters. The van der Waals surface area contributed by atoms with Crippen LogP contribution in [0.2, 0.25) is 0 Å². The number of benzene rings is 1. The van der Waals surface area contributed by atoms with Crippen LogP contribution in [0.4, 0.5) is 5.69 Å². The molecule has 3 aliphatic carbocycles. The van der Waals surface area contributed by atoms with Gasteiger partial charge in [0.15, 0.2) is 11.4 Å². The monoisotopic (exact) mass is 469 g/mol. The standard InChI is InChI=1S/C24H27N3O7/c1-27(2)17-12-8-11-7-10-6-9-4-3-5-26-16(9)19(29)13(10)18(28)14(11)21(31)24(12,34)22(32)15(20(17)30)23(25)33/h6,11-12,17,26,29-31,34H,3-5,7-8H2,1-2H3,(H2,25,33)/t11-,12-,17-,24-/m0/s1. The summed E-state index contributed by atoms with van der Waals surface area (Å²) in [7, 11) is 3.20. The number of nitrogens with one attached hydrogen (secondary N) is 1. The van der Waals surface area contributed by atoms with Gasteiger partial charge in [0.05, 0.1) is 17.3 Å². The van der Waals surface area contributed by atoms with Crippen molar-refractivity contribution >= 4 is 23.2 Å². The Hall–Kier alpha value is -3.37. The zero-order valence-electron chi connectivity index (χ0n) is 18.9. The van der Waals surface area contributed by atoms with Gasteiger partial charge in [0.25, 0.3) is 5.91 Å². The van der Waals surface area contributed by atoms with Crippen LogP contribution >= 0.6 is 0 Å². The number of phenolic OH excluding ortho intramolecular Hbond substituents is 1. The van der Waals surface area contributed by atoms with Gasteiger partial charge in [-0.2, -0.15) is 0 Å². The number of aryl methyl sites for hydroxylation is 1. The van der Waals surface area contributed by atoms with Gasteiger partial charge in [0.2, 0.25) is 5.78 Å². The normalized spacial score (nSPS) is 30.4. The van der Waals surface area contributed by atoms with Gasteiger partial charge >= 0.3 is 0 Å². The number of likely N-dealkylation sites (N-methyl/N-ethyl adjacent to an activating group) is 1. The van der Waals surface area contributed by atoms with E-state index in [1.165, 1.54) is 4.90 Å². The van der Waals surface area contributed by atoms with Crippen LogP contribution in [0, 0.1) is 11.8 Å². The minimum Gasteiger partial charge on any atom is -0.510 e. The highest BCUT2D eigenvalue weighted by atomic mass is 16.3. The quantitative estimate of drug-likeness (QED) is 0.266. The fourth-order valence-electron chi connectivity index (χ4n) is 6.25. The number of primary amides is 1. The van der Waals surface area contributed by atoms with Crippen molar-refractivity contribution in [2.45, 2.75) is 37.3 Å². The molecule has 0 fully saturated rings. The topological polar surface area (TPSA) is 173 Å². The molecule has 1 aliphatic heterocycles. The number of nitrogens with two attached hydrogens (primary N) is 1. The number of nitrogens with zero attached hydrogens (tertiary/aromatic N) is 1. The summed E-state index contributed by atoms with van der Waals surface area (Å²) >= 11 is 0. The SMILES string of the molecule is CN(C)[C@@H]1C(O)=C(C(N)=O)C(=O)[C@@]2(O)C(O)=C3C(=O)c4c(cc5c(c4O)NCCC5)C[C@H]3C[C@@H]12. The molecule has 34 heavy (non-hydrogen) atoms. The molecule has 1 aromatic carbocycles. The number of rotatable bonds is 2. The zero-order valence-corrected chi connectivity index (χ0v) is 18.9. The van der Waals surface area contributed by atoms with Crippen molar-refractivity contribution in [3.05, 3.63) is 45.4 Å². The average molecular weight is 469 g/mol. The molecular formula is C24H27N3O7. The van der Waals surface area contributed by atoms with Crippen LogP contribution in [-0.2, 0) is 22.4 Å². The summed E-state index contributed by atoms with van der Waals surface area (Å²) in [6, 6.07) is 0.896. The number of anilines is 1. The predicted octanol–water partition coefficient (Wildman–Crippen LogP) is 0.479. The largest absolute Gasteiger partial charge is 0.510 e. The molecule has 0 saturated carbocycles. The van der Waals surface area contributed by atoms with Gasteiger partial charge in [-0.05, 0) is 56.8 Å². The second-order valence-electron chi connectivity index (χ2n) is 9.79. The van der Waals surface area contributed by atoms with Crippen molar-refractivity contribution in [2.75, 3.05) is 26.0 Å². The Balaban J connectivity index is 1.71. The summed E-state index contributed by atoms with van der Waals surface area (Å²) in [5.41, 5.74) is 3.82. The molecule has 1 heterocycles. The predicted molar refractivity (Wildman–Crippen MR) is 120 cm³/mol. The number of allylic oxidation sites excluding steroid dienone is 1. The maximum atomic E-state index is 13.6. The van der Waals surface area contributed by atoms with Crippen molar-refractivity contribution in [1.29, 1.82) is 0 Å². The molecule has 4 aliphatic rings. The number of aliphatic hydroxyl groups excluding tert-OH is 2. The number of aromatic hydroxyl groups is 1. The number of phenols is 1. The number of aliphatic hydroxyl groups is 3. The minimum absolute atomic E-state index is 0.0360. The maximum Gasteiger partial charge on any atom is 0.255 e. The Morgan fingerprint density at radius 2 is 1.91 bits per heavy atom. The molecule has 1 aromatic rings. The van der Waals surface area contributed by atoms with Crippen LogP contribution in [0.3, 0.4) is 0 Å². The van der Waals surface area contributed by atoms with Gasteiger partial charge in [0, 0.05) is 18.0 Å². The Kier molecular flexibility index (Phi) is 4.82. The number of Topliss-reactive ketones (excluding diaryl/α,β-unsaturated/α-hetero) is 2. The lowest BCUT2D eigenvalue weighted by molar-refractivity contribution is -0.148. The Labute approximate surface area is 195 Å². The number of ketones is 2. The maximum absolute atomic E-state index is 13.6. The summed E-state index contributed by atoms with van der Waals surface area (Å²) in [6.45, 7) is 0.650. The molecule has 0 radical (unpaired) electrons. The number of hydrogen-bond donors (Lipinski definition) is 6. The smallest absolute Gasteiger partial charge is 0.255 e. The Bertz CT molecular complexity index is 1230. The van der Waals surface area contributed by atoms with Crippen molar-refractivity contribution in [1.82, 2.24) is 4.90 Å². The molecule has 180 valence electrons. The van der Waals surface area contributed by atoms with Crippen molar-refractivity contribution < 1.29 is 34.8 Å². The summed E-state index contributed by atoms with van der Waals surface area (Å²) in [4.78, 5) is 40.4. The first-order valence-electron chi connectivity index (χ1n) is 11.3. The van der Waals surface area contributed by atoms with Crippen LogP contribution < -0.4 is 11.1 Å². The van der Waals surface area contributed by atoms with Gasteiger partial charge in [-0.15, -0.1) is 0 Å². The average Bonchev–Trinajstić information content (AvgIpc) is 2.76. The third-order valence-electron chi connectivity index (χ3n) is 7.72. The molecule has 0 bridgehead atoms. The van der Waals surface area contributed by atoms with Crippen LogP contribution in [-0.4, -0.2) is 75.1 Å². The number of hydrogen-bond acceptors (Lipinski definition) is 9. The zero-order chi connectivity index (χ0) is 24.7. The molecule has 10 heteroatoms. The summed E-state index contributed by atoms with van der Waals surface area (Å²) in [6.07, 6.45) is 2.03. The molecule has 0 saturated heterocycles. The first-order valence-corrected chi connectivity index (χ1v) is 11.3. The van der Waals surface area contributed by atoms with Crippen molar-refractivity contribution in [3.8, 4) is 5.75 Å². The Morgan fingerprint density at radius 1 is 1.21 bits per heavy atom. The number of carbonyl (C=O) groups is 3. The molecule has 0 aromatic heterocycles. The molecule has 0 spiro atoms. The van der Waals surface area contributed by atoms with Crippen molar-refractivity contribution in [2.24, 2.45) is 17.6 Å². The van der Waals surface area contributed by atoms with Crippen LogP contribution in [0.1, 0.15) is 34.3 Å². The first kappa shape index (κ1) is 22.4.